The van der Waals surface area contributed by atoms with Crippen molar-refractivity contribution in [3.05, 3.63) is 40.8 Å². The van der Waals surface area contributed by atoms with Gasteiger partial charge in [-0.1, -0.05) is 0 Å². The molecule has 1 fully saturated rings. The first-order chi connectivity index (χ1) is 16.4. The molecule has 1 saturated carbocycles. The zero-order chi connectivity index (χ0) is 24.2. The summed E-state index contributed by atoms with van der Waals surface area (Å²) in [5, 5.41) is 3.98. The average Bonchev–Trinajstić information content (AvgIpc) is 3.17. The van der Waals surface area contributed by atoms with Crippen LogP contribution in [0.2, 0.25) is 0 Å². The molecule has 4 rings (SSSR count). The third kappa shape index (κ3) is 5.29. The van der Waals surface area contributed by atoms with Gasteiger partial charge in [0.05, 0.1) is 28.7 Å². The summed E-state index contributed by atoms with van der Waals surface area (Å²) in [4.78, 5) is 23.9. The minimum absolute atomic E-state index is 0.00388. The maximum atomic E-state index is 14.1. The largest absolute Gasteiger partial charge is 0.488 e. The SMILES string of the molecule is COCCN(C)C1CCC(Oc2cc(F)ccc2Nc2ncnc3sc(C(N)=O)c(C)c23)CC1. The first-order valence-corrected chi connectivity index (χ1v) is 12.1. The maximum Gasteiger partial charge on any atom is 0.259 e. The number of carbonyl (C=O) groups is 1. The molecule has 0 spiro atoms. The number of anilines is 2. The summed E-state index contributed by atoms with van der Waals surface area (Å²) >= 11 is 1.23. The molecule has 8 nitrogen and oxygen atoms in total. The van der Waals surface area contributed by atoms with Gasteiger partial charge in [-0.25, -0.2) is 14.4 Å². The lowest BCUT2D eigenvalue weighted by molar-refractivity contribution is 0.0831. The highest BCUT2D eigenvalue weighted by Crippen LogP contribution is 2.37. The zero-order valence-corrected chi connectivity index (χ0v) is 20.5. The Morgan fingerprint density at radius 3 is 2.76 bits per heavy atom. The monoisotopic (exact) mass is 487 g/mol. The Balaban J connectivity index is 1.51. The van der Waals surface area contributed by atoms with Gasteiger partial charge in [0.15, 0.2) is 0 Å². The third-order valence-corrected chi connectivity index (χ3v) is 7.57. The van der Waals surface area contributed by atoms with Gasteiger partial charge in [0, 0.05) is 25.8 Å². The molecule has 0 radical (unpaired) electrons. The van der Waals surface area contributed by atoms with Gasteiger partial charge in [-0.15, -0.1) is 11.3 Å². The predicted octanol–water partition coefficient (Wildman–Crippen LogP) is 4.25. The Morgan fingerprint density at radius 1 is 1.29 bits per heavy atom. The molecule has 34 heavy (non-hydrogen) atoms. The summed E-state index contributed by atoms with van der Waals surface area (Å²) < 4.78 is 25.6. The van der Waals surface area contributed by atoms with Gasteiger partial charge in [-0.2, -0.15) is 0 Å². The number of primary amides is 1. The number of nitrogens with one attached hydrogen (secondary N) is 1. The Hall–Kier alpha value is -2.82. The molecule has 0 bridgehead atoms. The Bertz CT molecular complexity index is 1160. The van der Waals surface area contributed by atoms with E-state index in [2.05, 4.69) is 27.2 Å². The van der Waals surface area contributed by atoms with Crippen LogP contribution in [-0.4, -0.2) is 60.2 Å². The highest BCUT2D eigenvalue weighted by Gasteiger charge is 2.26. The fraction of sp³-hybridized carbons (Fsp3) is 0.458. The molecule has 1 aromatic carbocycles. The predicted molar refractivity (Wildman–Crippen MR) is 132 cm³/mol. The van der Waals surface area contributed by atoms with Crippen molar-refractivity contribution in [3.63, 3.8) is 0 Å². The standard InChI is InChI=1S/C24H30FN5O3S/c1-14-20-23(27-13-28-24(20)34-21(14)22(26)31)29-18-9-4-15(25)12-19(18)33-17-7-5-16(6-8-17)30(2)10-11-32-3/h4,9,12-13,16-17H,5-8,10-11H2,1-3H3,(H2,26,31)(H,27,28,29). The number of rotatable bonds is 9. The number of benzene rings is 1. The molecule has 3 N–H and O–H groups in total. The molecule has 182 valence electrons. The molecule has 10 heteroatoms. The lowest BCUT2D eigenvalue weighted by Crippen LogP contribution is -2.39. The van der Waals surface area contributed by atoms with Crippen LogP contribution in [0.4, 0.5) is 15.9 Å². The second-order valence-corrected chi connectivity index (χ2v) is 9.61. The minimum atomic E-state index is -0.499. The molecule has 1 amide bonds. The van der Waals surface area contributed by atoms with E-state index in [0.29, 0.717) is 39.6 Å². The van der Waals surface area contributed by atoms with Crippen LogP contribution in [0.25, 0.3) is 10.2 Å². The smallest absolute Gasteiger partial charge is 0.259 e. The molecule has 0 atom stereocenters. The number of nitrogens with zero attached hydrogens (tertiary/aromatic N) is 3. The minimum Gasteiger partial charge on any atom is -0.488 e. The summed E-state index contributed by atoms with van der Waals surface area (Å²) in [7, 11) is 3.84. The van der Waals surface area contributed by atoms with E-state index in [-0.39, 0.29) is 11.9 Å². The molecular formula is C24H30FN5O3S. The molecule has 3 aromatic rings. The van der Waals surface area contributed by atoms with Crippen molar-refractivity contribution in [2.75, 3.05) is 32.6 Å². The summed E-state index contributed by atoms with van der Waals surface area (Å²) in [6, 6.07) is 4.91. The number of nitrogens with two attached hydrogens (primary N) is 1. The molecule has 2 heterocycles. The van der Waals surface area contributed by atoms with Gasteiger partial charge >= 0.3 is 0 Å². The van der Waals surface area contributed by atoms with Crippen LogP contribution in [0.1, 0.15) is 40.9 Å². The van der Waals surface area contributed by atoms with Gasteiger partial charge in [0.2, 0.25) is 0 Å². The first-order valence-electron chi connectivity index (χ1n) is 11.3. The van der Waals surface area contributed by atoms with E-state index in [1.54, 1.807) is 13.2 Å². The van der Waals surface area contributed by atoms with E-state index in [4.69, 9.17) is 15.2 Å². The summed E-state index contributed by atoms with van der Waals surface area (Å²) in [5.74, 6) is 0.0851. The summed E-state index contributed by atoms with van der Waals surface area (Å²) in [6.07, 6.45) is 5.24. The topological polar surface area (TPSA) is 103 Å². The van der Waals surface area contributed by atoms with Crippen LogP contribution in [0, 0.1) is 12.7 Å². The fourth-order valence-corrected chi connectivity index (χ4v) is 5.43. The van der Waals surface area contributed by atoms with Crippen LogP contribution in [0.3, 0.4) is 0 Å². The molecule has 1 aliphatic rings. The van der Waals surface area contributed by atoms with Crippen molar-refractivity contribution in [1.82, 2.24) is 14.9 Å². The third-order valence-electron chi connectivity index (χ3n) is 6.36. The lowest BCUT2D eigenvalue weighted by Gasteiger charge is -2.34. The van der Waals surface area contributed by atoms with E-state index in [9.17, 15) is 9.18 Å². The van der Waals surface area contributed by atoms with E-state index in [1.165, 1.54) is 29.8 Å². The number of fused-ring (bicyclic) bond motifs is 1. The van der Waals surface area contributed by atoms with Crippen molar-refractivity contribution in [3.8, 4) is 5.75 Å². The molecule has 0 saturated heterocycles. The van der Waals surface area contributed by atoms with E-state index in [0.717, 1.165) is 43.2 Å². The summed E-state index contributed by atoms with van der Waals surface area (Å²) in [5.41, 5.74) is 6.83. The number of carbonyl (C=O) groups excluding carboxylic acids is 1. The summed E-state index contributed by atoms with van der Waals surface area (Å²) in [6.45, 7) is 3.43. The highest BCUT2D eigenvalue weighted by atomic mass is 32.1. The number of aryl methyl sites for hydroxylation is 1. The molecule has 1 aliphatic carbocycles. The lowest BCUT2D eigenvalue weighted by atomic mass is 9.92. The van der Waals surface area contributed by atoms with Crippen molar-refractivity contribution in [2.45, 2.75) is 44.8 Å². The van der Waals surface area contributed by atoms with Gasteiger partial charge in [-0.3, -0.25) is 4.79 Å². The number of ether oxygens (including phenoxy) is 2. The van der Waals surface area contributed by atoms with Crippen LogP contribution < -0.4 is 15.8 Å². The van der Waals surface area contributed by atoms with Crippen LogP contribution in [0.5, 0.6) is 5.75 Å². The van der Waals surface area contributed by atoms with Crippen molar-refractivity contribution in [2.24, 2.45) is 5.73 Å². The zero-order valence-electron chi connectivity index (χ0n) is 19.6. The normalized spacial score (nSPS) is 18.4. The van der Waals surface area contributed by atoms with Gasteiger partial charge < -0.3 is 25.4 Å². The van der Waals surface area contributed by atoms with Gasteiger partial charge in [-0.05, 0) is 57.4 Å². The Labute approximate surface area is 202 Å². The molecule has 0 unspecified atom stereocenters. The number of amides is 1. The maximum absolute atomic E-state index is 14.1. The number of halogens is 1. The van der Waals surface area contributed by atoms with E-state index >= 15 is 0 Å². The number of thiophene rings is 1. The second kappa shape index (κ2) is 10.6. The van der Waals surface area contributed by atoms with Crippen molar-refractivity contribution < 1.29 is 18.7 Å². The number of aromatic nitrogens is 2. The Kier molecular flexibility index (Phi) is 7.60. The van der Waals surface area contributed by atoms with Gasteiger partial charge in [0.25, 0.3) is 5.91 Å². The number of hydrogen-bond acceptors (Lipinski definition) is 8. The quantitative estimate of drug-likeness (QED) is 0.465. The average molecular weight is 488 g/mol. The Morgan fingerprint density at radius 2 is 2.06 bits per heavy atom. The van der Waals surface area contributed by atoms with Crippen molar-refractivity contribution >= 4 is 39.0 Å². The molecule has 2 aromatic heterocycles. The first kappa shape index (κ1) is 24.3. The molecular weight excluding hydrogens is 457 g/mol. The van der Waals surface area contributed by atoms with E-state index < -0.39 is 5.91 Å². The number of methoxy groups -OCH3 is 1. The van der Waals surface area contributed by atoms with Gasteiger partial charge in [0.1, 0.15) is 28.5 Å². The van der Waals surface area contributed by atoms with Crippen molar-refractivity contribution in [1.29, 1.82) is 0 Å². The highest BCUT2D eigenvalue weighted by molar-refractivity contribution is 7.20. The number of likely N-dealkylation sites (N-methyl/N-ethyl adjacent to an activating group) is 1. The second-order valence-electron chi connectivity index (χ2n) is 8.61. The van der Waals surface area contributed by atoms with E-state index in [1.807, 2.05) is 6.92 Å². The van der Waals surface area contributed by atoms with Crippen LogP contribution in [-0.2, 0) is 4.74 Å². The number of hydrogen-bond donors (Lipinski definition) is 2. The van der Waals surface area contributed by atoms with Crippen LogP contribution >= 0.6 is 11.3 Å². The van der Waals surface area contributed by atoms with Crippen LogP contribution in [0.15, 0.2) is 24.5 Å². The molecule has 0 aliphatic heterocycles. The fourth-order valence-electron chi connectivity index (χ4n) is 4.43.